The van der Waals surface area contributed by atoms with Crippen molar-refractivity contribution in [2.45, 2.75) is 26.2 Å². The van der Waals surface area contributed by atoms with Crippen LogP contribution in [0.15, 0.2) is 18.2 Å². The van der Waals surface area contributed by atoms with Gasteiger partial charge in [0.2, 0.25) is 0 Å². The number of hydrogen-bond donors (Lipinski definition) is 0. The normalized spacial score (nSPS) is 16.2. The molecule has 0 spiro atoms. The van der Waals surface area contributed by atoms with Crippen molar-refractivity contribution in [3.8, 4) is 0 Å². The van der Waals surface area contributed by atoms with Crippen LogP contribution in [0, 0.1) is 13.0 Å². The van der Waals surface area contributed by atoms with Crippen LogP contribution < -0.4 is 23.8 Å². The summed E-state index contributed by atoms with van der Waals surface area (Å²) in [5.41, 5.74) is 2.52. The van der Waals surface area contributed by atoms with Crippen molar-refractivity contribution >= 4 is 5.69 Å². The van der Waals surface area contributed by atoms with E-state index in [2.05, 4.69) is 36.1 Å². The zero-order valence-corrected chi connectivity index (χ0v) is 9.21. The molecular formula is C12H16LiN. The number of rotatable bonds is 1. The van der Waals surface area contributed by atoms with Crippen LogP contribution in [0.5, 0.6) is 0 Å². The second-order valence-electron chi connectivity index (χ2n) is 3.77. The molecule has 0 saturated carbocycles. The van der Waals surface area contributed by atoms with Crippen LogP contribution in [0.2, 0.25) is 0 Å². The van der Waals surface area contributed by atoms with Crippen molar-refractivity contribution in [2.24, 2.45) is 0 Å². The first kappa shape index (κ1) is 11.7. The fourth-order valence-corrected chi connectivity index (χ4v) is 1.89. The van der Waals surface area contributed by atoms with E-state index in [1.807, 2.05) is 0 Å². The van der Waals surface area contributed by atoms with E-state index in [-0.39, 0.29) is 18.9 Å². The summed E-state index contributed by atoms with van der Waals surface area (Å²) in [7, 11) is 0. The Morgan fingerprint density at radius 3 is 2.50 bits per heavy atom. The predicted octanol–water partition coefficient (Wildman–Crippen LogP) is -0.210. The van der Waals surface area contributed by atoms with Gasteiger partial charge in [0.25, 0.3) is 0 Å². The third-order valence-corrected chi connectivity index (χ3v) is 2.62. The minimum Gasteiger partial charge on any atom is -0.394 e. The van der Waals surface area contributed by atoms with Crippen molar-refractivity contribution in [3.05, 3.63) is 29.8 Å². The summed E-state index contributed by atoms with van der Waals surface area (Å²) in [5, 5.41) is 0. The Morgan fingerprint density at radius 2 is 1.86 bits per heavy atom. The first-order valence-corrected chi connectivity index (χ1v) is 5.10. The predicted molar refractivity (Wildman–Crippen MR) is 56.1 cm³/mol. The molecule has 0 amide bonds. The molecule has 1 saturated heterocycles. The van der Waals surface area contributed by atoms with Gasteiger partial charge in [0.1, 0.15) is 0 Å². The molecule has 1 fully saturated rings. The van der Waals surface area contributed by atoms with Crippen LogP contribution in [0.4, 0.5) is 5.69 Å². The molecule has 2 rings (SSSR count). The minimum absolute atomic E-state index is 0. The first-order chi connectivity index (χ1) is 6.36. The molecule has 1 heterocycles. The van der Waals surface area contributed by atoms with E-state index in [1.165, 1.54) is 43.6 Å². The molecule has 0 bridgehead atoms. The molecule has 1 nitrogen and oxygen atoms in total. The van der Waals surface area contributed by atoms with Gasteiger partial charge in [0.15, 0.2) is 0 Å². The Kier molecular flexibility index (Phi) is 4.58. The Labute approximate surface area is 98.7 Å². The number of hydrogen-bond acceptors (Lipinski definition) is 1. The topological polar surface area (TPSA) is 3.24 Å². The molecule has 0 aliphatic carbocycles. The SMILES string of the molecule is Cc1[c-]c(N2CCCCC2)ccc1.[Li+]. The van der Waals surface area contributed by atoms with Crippen molar-refractivity contribution in [3.63, 3.8) is 0 Å². The number of anilines is 1. The van der Waals surface area contributed by atoms with Crippen molar-refractivity contribution in [2.75, 3.05) is 18.0 Å². The van der Waals surface area contributed by atoms with Crippen molar-refractivity contribution < 1.29 is 18.9 Å². The maximum Gasteiger partial charge on any atom is 1.00 e. The van der Waals surface area contributed by atoms with Crippen LogP contribution >= 0.6 is 0 Å². The fraction of sp³-hybridized carbons (Fsp3) is 0.500. The van der Waals surface area contributed by atoms with Gasteiger partial charge in [-0.2, -0.15) is 23.8 Å². The van der Waals surface area contributed by atoms with E-state index >= 15 is 0 Å². The Balaban J connectivity index is 0.000000980. The summed E-state index contributed by atoms with van der Waals surface area (Å²) in [6, 6.07) is 9.79. The van der Waals surface area contributed by atoms with Gasteiger partial charge < -0.3 is 4.90 Å². The van der Waals surface area contributed by atoms with Gasteiger partial charge in [-0.3, -0.25) is 0 Å². The standard InChI is InChI=1S/C12H16N.Li/c1-11-6-5-7-12(10-11)13-8-3-2-4-9-13;/h5-7H,2-4,8-9H2,1H3;/q-1;+1. The van der Waals surface area contributed by atoms with Gasteiger partial charge in [-0.1, -0.05) is 12.6 Å². The Morgan fingerprint density at radius 1 is 1.14 bits per heavy atom. The van der Waals surface area contributed by atoms with E-state index < -0.39 is 0 Å². The zero-order chi connectivity index (χ0) is 9.10. The second kappa shape index (κ2) is 5.49. The smallest absolute Gasteiger partial charge is 0.394 e. The van der Waals surface area contributed by atoms with Gasteiger partial charge in [0, 0.05) is 13.1 Å². The van der Waals surface area contributed by atoms with Gasteiger partial charge in [-0.25, -0.2) is 0 Å². The van der Waals surface area contributed by atoms with E-state index in [9.17, 15) is 0 Å². The van der Waals surface area contributed by atoms with Crippen LogP contribution in [-0.2, 0) is 0 Å². The van der Waals surface area contributed by atoms with Crippen molar-refractivity contribution in [1.82, 2.24) is 0 Å². The molecule has 1 aromatic rings. The van der Waals surface area contributed by atoms with Crippen LogP contribution in [0.3, 0.4) is 0 Å². The van der Waals surface area contributed by atoms with E-state index in [4.69, 9.17) is 0 Å². The third kappa shape index (κ3) is 2.80. The molecule has 0 unspecified atom stereocenters. The molecule has 2 heteroatoms. The third-order valence-electron chi connectivity index (χ3n) is 2.62. The summed E-state index contributed by atoms with van der Waals surface area (Å²) in [6.45, 7) is 4.52. The maximum atomic E-state index is 3.40. The quantitative estimate of drug-likeness (QED) is 0.428. The summed E-state index contributed by atoms with van der Waals surface area (Å²) in [5.74, 6) is 0. The summed E-state index contributed by atoms with van der Waals surface area (Å²) < 4.78 is 0. The van der Waals surface area contributed by atoms with Gasteiger partial charge >= 0.3 is 18.9 Å². The molecule has 1 aliphatic rings. The Bertz CT molecular complexity index is 279. The van der Waals surface area contributed by atoms with Crippen LogP contribution in [0.1, 0.15) is 24.8 Å². The number of aryl methyl sites for hydroxylation is 1. The number of benzene rings is 1. The summed E-state index contributed by atoms with van der Waals surface area (Å²) >= 11 is 0. The van der Waals surface area contributed by atoms with Gasteiger partial charge in [-0.05, 0) is 19.3 Å². The molecule has 70 valence electrons. The van der Waals surface area contributed by atoms with E-state index in [0.717, 1.165) is 0 Å². The summed E-state index contributed by atoms with van der Waals surface area (Å²) in [4.78, 5) is 2.44. The average molecular weight is 181 g/mol. The van der Waals surface area contributed by atoms with E-state index in [1.54, 1.807) is 0 Å². The molecule has 14 heavy (non-hydrogen) atoms. The molecule has 1 aromatic carbocycles. The van der Waals surface area contributed by atoms with E-state index in [0.29, 0.717) is 0 Å². The fourth-order valence-electron chi connectivity index (χ4n) is 1.89. The molecular weight excluding hydrogens is 165 g/mol. The van der Waals surface area contributed by atoms with Crippen LogP contribution in [0.25, 0.3) is 0 Å². The maximum absolute atomic E-state index is 3.40. The first-order valence-electron chi connectivity index (χ1n) is 5.10. The van der Waals surface area contributed by atoms with Crippen LogP contribution in [-0.4, -0.2) is 13.1 Å². The second-order valence-corrected chi connectivity index (χ2v) is 3.77. The van der Waals surface area contributed by atoms with Crippen molar-refractivity contribution in [1.29, 1.82) is 0 Å². The molecule has 0 N–H and O–H groups in total. The summed E-state index contributed by atoms with van der Waals surface area (Å²) in [6.07, 6.45) is 4.06. The molecule has 0 aromatic heterocycles. The molecule has 1 aliphatic heterocycles. The zero-order valence-electron chi connectivity index (χ0n) is 9.21. The minimum atomic E-state index is 0. The largest absolute Gasteiger partial charge is 1.00 e. The average Bonchev–Trinajstić information content (AvgIpc) is 2.19. The van der Waals surface area contributed by atoms with Gasteiger partial charge in [0.05, 0.1) is 0 Å². The number of piperidine rings is 1. The number of nitrogens with zero attached hydrogens (tertiary/aromatic N) is 1. The molecule has 0 radical (unpaired) electrons. The monoisotopic (exact) mass is 181 g/mol. The Hall–Kier alpha value is -0.383. The molecule has 0 atom stereocenters. The van der Waals surface area contributed by atoms with Gasteiger partial charge in [-0.15, -0.1) is 6.07 Å².